The van der Waals surface area contributed by atoms with Crippen LogP contribution in [0.3, 0.4) is 0 Å². The fourth-order valence-corrected chi connectivity index (χ4v) is 3.77. The molecule has 4 rings (SSSR count). The summed E-state index contributed by atoms with van der Waals surface area (Å²) < 4.78 is 5.22. The van der Waals surface area contributed by atoms with Crippen LogP contribution in [0, 0.1) is 5.41 Å². The molecule has 3 aliphatic carbocycles. The highest BCUT2D eigenvalue weighted by molar-refractivity contribution is 5.60. The van der Waals surface area contributed by atoms with Crippen LogP contribution in [0.5, 0.6) is 5.75 Å². The van der Waals surface area contributed by atoms with Gasteiger partial charge < -0.3 is 9.53 Å². The lowest BCUT2D eigenvalue weighted by atomic mass is 9.52. The van der Waals surface area contributed by atoms with Crippen LogP contribution in [0.1, 0.15) is 44.1 Å². The van der Waals surface area contributed by atoms with E-state index in [-0.39, 0.29) is 5.41 Å². The molecule has 0 heterocycles. The first-order valence-corrected chi connectivity index (χ1v) is 6.83. The molecule has 3 saturated carbocycles. The third kappa shape index (κ3) is 1.66. The molecule has 2 heteroatoms. The van der Waals surface area contributed by atoms with E-state index in [4.69, 9.17) is 4.74 Å². The lowest BCUT2D eigenvalue weighted by Crippen LogP contribution is -2.44. The van der Waals surface area contributed by atoms with Gasteiger partial charge in [0.15, 0.2) is 0 Å². The summed E-state index contributed by atoms with van der Waals surface area (Å²) in [5.74, 6) is 0.920. The second-order valence-electron chi connectivity index (χ2n) is 5.99. The Morgan fingerprint density at radius 2 is 1.56 bits per heavy atom. The van der Waals surface area contributed by atoms with E-state index in [0.717, 1.165) is 44.3 Å². The van der Waals surface area contributed by atoms with E-state index < -0.39 is 0 Å². The summed E-state index contributed by atoms with van der Waals surface area (Å²) in [6, 6.07) is 8.52. The number of benzene rings is 1. The molecule has 2 nitrogen and oxygen atoms in total. The monoisotopic (exact) mass is 244 g/mol. The van der Waals surface area contributed by atoms with Crippen molar-refractivity contribution in [1.29, 1.82) is 0 Å². The van der Waals surface area contributed by atoms with Gasteiger partial charge in [-0.15, -0.1) is 0 Å². The van der Waals surface area contributed by atoms with E-state index in [9.17, 15) is 4.79 Å². The second-order valence-corrected chi connectivity index (χ2v) is 5.99. The van der Waals surface area contributed by atoms with Crippen molar-refractivity contribution in [1.82, 2.24) is 0 Å². The molecule has 0 unspecified atom stereocenters. The van der Waals surface area contributed by atoms with Gasteiger partial charge in [-0.05, 0) is 61.6 Å². The molecular formula is C16H20O2. The van der Waals surface area contributed by atoms with Crippen molar-refractivity contribution < 1.29 is 9.53 Å². The van der Waals surface area contributed by atoms with Crippen LogP contribution in [0.4, 0.5) is 0 Å². The summed E-state index contributed by atoms with van der Waals surface area (Å²) in [5, 5.41) is 0. The third-order valence-electron chi connectivity index (χ3n) is 5.26. The summed E-state index contributed by atoms with van der Waals surface area (Å²) >= 11 is 0. The fraction of sp³-hybridized carbons (Fsp3) is 0.562. The molecule has 1 aromatic rings. The molecule has 0 spiro atoms. The van der Waals surface area contributed by atoms with Crippen molar-refractivity contribution in [2.24, 2.45) is 5.41 Å². The Morgan fingerprint density at radius 3 is 2.00 bits per heavy atom. The molecule has 2 bridgehead atoms. The number of hydrogen-bond acceptors (Lipinski definition) is 2. The Bertz CT molecular complexity index is 422. The maximum atomic E-state index is 11.2. The number of carbonyl (C=O) groups excluding carboxylic acids is 1. The number of fused-ring (bicyclic) bond motifs is 3. The van der Waals surface area contributed by atoms with Gasteiger partial charge in [-0.2, -0.15) is 0 Å². The van der Waals surface area contributed by atoms with Crippen molar-refractivity contribution in [3.63, 3.8) is 0 Å². The Hall–Kier alpha value is -1.31. The minimum atomic E-state index is 0.0220. The van der Waals surface area contributed by atoms with Crippen LogP contribution in [-0.2, 0) is 10.2 Å². The Balaban J connectivity index is 1.86. The first-order valence-electron chi connectivity index (χ1n) is 6.83. The normalized spacial score (nSPS) is 34.3. The van der Waals surface area contributed by atoms with Crippen LogP contribution in [0.15, 0.2) is 24.3 Å². The van der Waals surface area contributed by atoms with Gasteiger partial charge >= 0.3 is 0 Å². The molecule has 0 amide bonds. The molecule has 3 aliphatic rings. The molecule has 18 heavy (non-hydrogen) atoms. The maximum absolute atomic E-state index is 11.2. The molecule has 1 aromatic carbocycles. The highest BCUT2D eigenvalue weighted by atomic mass is 16.5. The summed E-state index contributed by atoms with van der Waals surface area (Å²) in [5.41, 5.74) is 1.79. The Kier molecular flexibility index (Phi) is 2.69. The number of aldehydes is 1. The minimum absolute atomic E-state index is 0.0220. The quantitative estimate of drug-likeness (QED) is 0.761. The van der Waals surface area contributed by atoms with Crippen molar-refractivity contribution in [2.45, 2.75) is 43.9 Å². The van der Waals surface area contributed by atoms with Gasteiger partial charge in [0.2, 0.25) is 0 Å². The number of hydrogen-bond donors (Lipinski definition) is 0. The van der Waals surface area contributed by atoms with Gasteiger partial charge in [0, 0.05) is 5.41 Å². The Labute approximate surface area is 108 Å². The fourth-order valence-electron chi connectivity index (χ4n) is 3.77. The van der Waals surface area contributed by atoms with E-state index >= 15 is 0 Å². The van der Waals surface area contributed by atoms with Gasteiger partial charge in [0.25, 0.3) is 0 Å². The van der Waals surface area contributed by atoms with E-state index in [0.29, 0.717) is 5.41 Å². The van der Waals surface area contributed by atoms with Gasteiger partial charge in [0.1, 0.15) is 12.0 Å². The van der Waals surface area contributed by atoms with Gasteiger partial charge in [-0.3, -0.25) is 0 Å². The third-order valence-corrected chi connectivity index (χ3v) is 5.26. The smallest absolute Gasteiger partial charge is 0.126 e. The van der Waals surface area contributed by atoms with Crippen LogP contribution in [0.2, 0.25) is 0 Å². The largest absolute Gasteiger partial charge is 0.497 e. The predicted octanol–water partition coefficient (Wildman–Crippen LogP) is 3.49. The SMILES string of the molecule is COc1ccc(C23CCC(C=O)(CC2)CC3)cc1. The van der Waals surface area contributed by atoms with Crippen molar-refractivity contribution >= 4 is 6.29 Å². The maximum Gasteiger partial charge on any atom is 0.126 e. The van der Waals surface area contributed by atoms with Crippen LogP contribution < -0.4 is 4.74 Å². The van der Waals surface area contributed by atoms with Crippen LogP contribution >= 0.6 is 0 Å². The van der Waals surface area contributed by atoms with E-state index in [1.165, 1.54) is 11.8 Å². The van der Waals surface area contributed by atoms with Crippen molar-refractivity contribution in [2.75, 3.05) is 7.11 Å². The molecule has 0 aromatic heterocycles. The summed E-state index contributed by atoms with van der Waals surface area (Å²) in [6.45, 7) is 0. The highest BCUT2D eigenvalue weighted by Gasteiger charge is 2.49. The van der Waals surface area contributed by atoms with Gasteiger partial charge in [-0.1, -0.05) is 12.1 Å². The molecular weight excluding hydrogens is 224 g/mol. The Morgan fingerprint density at radius 1 is 1.00 bits per heavy atom. The zero-order chi connectivity index (χ0) is 12.6. The zero-order valence-electron chi connectivity index (χ0n) is 10.9. The summed E-state index contributed by atoms with van der Waals surface area (Å²) in [6.07, 6.45) is 7.94. The lowest BCUT2D eigenvalue weighted by Gasteiger charge is -2.51. The molecule has 0 saturated heterocycles. The molecule has 3 fully saturated rings. The molecule has 0 radical (unpaired) electrons. The van der Waals surface area contributed by atoms with Crippen molar-refractivity contribution in [3.8, 4) is 5.75 Å². The van der Waals surface area contributed by atoms with E-state index in [1.54, 1.807) is 7.11 Å². The average Bonchev–Trinajstić information content (AvgIpc) is 2.49. The van der Waals surface area contributed by atoms with Crippen LogP contribution in [0.25, 0.3) is 0 Å². The highest BCUT2D eigenvalue weighted by Crippen LogP contribution is 2.56. The molecule has 0 N–H and O–H groups in total. The summed E-state index contributed by atoms with van der Waals surface area (Å²) in [4.78, 5) is 11.2. The van der Waals surface area contributed by atoms with Gasteiger partial charge in [-0.25, -0.2) is 0 Å². The molecule has 0 atom stereocenters. The molecule has 96 valence electrons. The number of methoxy groups -OCH3 is 1. The topological polar surface area (TPSA) is 26.3 Å². The lowest BCUT2D eigenvalue weighted by molar-refractivity contribution is -0.122. The van der Waals surface area contributed by atoms with E-state index in [1.807, 2.05) is 0 Å². The first kappa shape index (κ1) is 11.8. The number of rotatable bonds is 3. The summed E-state index contributed by atoms with van der Waals surface area (Å²) in [7, 11) is 1.70. The molecule has 0 aliphatic heterocycles. The standard InChI is InChI=1S/C16H20O2/c1-18-14-4-2-13(3-5-14)16-9-6-15(12-17,7-10-16)8-11-16/h2-5,12H,6-11H2,1H3. The average molecular weight is 244 g/mol. The minimum Gasteiger partial charge on any atom is -0.497 e. The van der Waals surface area contributed by atoms with Crippen molar-refractivity contribution in [3.05, 3.63) is 29.8 Å². The van der Waals surface area contributed by atoms with Crippen LogP contribution in [-0.4, -0.2) is 13.4 Å². The predicted molar refractivity (Wildman–Crippen MR) is 70.9 cm³/mol. The van der Waals surface area contributed by atoms with E-state index in [2.05, 4.69) is 24.3 Å². The number of ether oxygens (including phenoxy) is 1. The number of carbonyl (C=O) groups is 1. The second kappa shape index (κ2) is 4.11. The first-order chi connectivity index (χ1) is 8.72. The zero-order valence-corrected chi connectivity index (χ0v) is 10.9. The van der Waals surface area contributed by atoms with Gasteiger partial charge in [0.05, 0.1) is 7.11 Å².